The molecule has 1 aromatic heterocycles. The van der Waals surface area contributed by atoms with Crippen LogP contribution in [0.2, 0.25) is 0 Å². The molecule has 0 saturated carbocycles. The number of carbonyl (C=O) groups excluding carboxylic acids is 1. The van der Waals surface area contributed by atoms with Gasteiger partial charge >= 0.3 is 0 Å². The Hall–Kier alpha value is -3.41. The van der Waals surface area contributed by atoms with Gasteiger partial charge in [-0.2, -0.15) is 0 Å². The molecule has 1 amide bonds. The highest BCUT2D eigenvalue weighted by Gasteiger charge is 2.11. The molecule has 3 rings (SSSR count). The Balaban J connectivity index is 1.59. The predicted octanol–water partition coefficient (Wildman–Crippen LogP) is 4.69. The number of hydrogen-bond acceptors (Lipinski definition) is 5. The van der Waals surface area contributed by atoms with Gasteiger partial charge in [0.15, 0.2) is 5.69 Å². The molecular formula is C22H24N4O2. The first kappa shape index (κ1) is 19.4. The monoisotopic (exact) mass is 376 g/mol. The molecule has 1 atom stereocenters. The first-order valence-corrected chi connectivity index (χ1v) is 9.24. The van der Waals surface area contributed by atoms with Crippen LogP contribution in [-0.4, -0.2) is 22.2 Å². The molecule has 6 heteroatoms. The van der Waals surface area contributed by atoms with E-state index in [-0.39, 0.29) is 23.7 Å². The van der Waals surface area contributed by atoms with E-state index in [0.717, 1.165) is 11.3 Å². The van der Waals surface area contributed by atoms with Crippen LogP contribution in [0.1, 0.15) is 42.9 Å². The fourth-order valence-corrected chi connectivity index (χ4v) is 2.66. The van der Waals surface area contributed by atoms with Gasteiger partial charge in [0.25, 0.3) is 5.91 Å². The quantitative estimate of drug-likeness (QED) is 0.626. The lowest BCUT2D eigenvalue weighted by Gasteiger charge is -2.14. The second-order valence-electron chi connectivity index (χ2n) is 6.73. The Bertz CT molecular complexity index is 894. The lowest BCUT2D eigenvalue weighted by atomic mass is 10.1. The maximum Gasteiger partial charge on any atom is 0.276 e. The molecule has 2 aromatic carbocycles. The fourth-order valence-electron chi connectivity index (χ4n) is 2.66. The summed E-state index contributed by atoms with van der Waals surface area (Å²) in [5, 5.41) is 14.2. The maximum atomic E-state index is 12.4. The SMILES string of the molecule is CC(C)Oc1ccc(NC(=O)c2ccc(NC(C)c3ccccc3)nn2)cc1. The third-order valence-corrected chi connectivity index (χ3v) is 4.05. The van der Waals surface area contributed by atoms with Crippen molar-refractivity contribution in [2.24, 2.45) is 0 Å². The van der Waals surface area contributed by atoms with Crippen LogP contribution in [0, 0.1) is 0 Å². The third kappa shape index (κ3) is 5.30. The Kier molecular flexibility index (Phi) is 6.22. The summed E-state index contributed by atoms with van der Waals surface area (Å²) >= 11 is 0. The maximum absolute atomic E-state index is 12.4. The number of hydrogen-bond donors (Lipinski definition) is 2. The molecule has 0 bridgehead atoms. The number of carbonyl (C=O) groups is 1. The van der Waals surface area contributed by atoms with Crippen molar-refractivity contribution in [3.63, 3.8) is 0 Å². The minimum atomic E-state index is -0.312. The van der Waals surface area contributed by atoms with Crippen molar-refractivity contribution in [1.82, 2.24) is 10.2 Å². The van der Waals surface area contributed by atoms with Crippen molar-refractivity contribution < 1.29 is 9.53 Å². The van der Waals surface area contributed by atoms with Gasteiger partial charge in [0.05, 0.1) is 6.10 Å². The number of nitrogens with zero attached hydrogens (tertiary/aromatic N) is 2. The van der Waals surface area contributed by atoms with Gasteiger partial charge < -0.3 is 15.4 Å². The van der Waals surface area contributed by atoms with Gasteiger partial charge in [0, 0.05) is 11.7 Å². The summed E-state index contributed by atoms with van der Waals surface area (Å²) < 4.78 is 5.59. The molecule has 0 radical (unpaired) electrons. The predicted molar refractivity (Wildman–Crippen MR) is 111 cm³/mol. The molecule has 0 fully saturated rings. The Morgan fingerprint density at radius 2 is 1.61 bits per heavy atom. The molecule has 0 spiro atoms. The molecule has 0 aliphatic rings. The Labute approximate surface area is 165 Å². The number of rotatable bonds is 7. The summed E-state index contributed by atoms with van der Waals surface area (Å²) in [7, 11) is 0. The van der Waals surface area contributed by atoms with Crippen molar-refractivity contribution >= 4 is 17.4 Å². The zero-order chi connectivity index (χ0) is 19.9. The van der Waals surface area contributed by atoms with E-state index < -0.39 is 0 Å². The highest BCUT2D eigenvalue weighted by Crippen LogP contribution is 2.19. The number of ether oxygens (including phenoxy) is 1. The molecule has 0 saturated heterocycles. The van der Waals surface area contributed by atoms with E-state index >= 15 is 0 Å². The molecule has 6 nitrogen and oxygen atoms in total. The average Bonchev–Trinajstić information content (AvgIpc) is 2.70. The zero-order valence-corrected chi connectivity index (χ0v) is 16.2. The molecule has 1 heterocycles. The van der Waals surface area contributed by atoms with E-state index in [2.05, 4.69) is 20.8 Å². The molecule has 3 aromatic rings. The van der Waals surface area contributed by atoms with Gasteiger partial charge in [-0.3, -0.25) is 4.79 Å². The van der Waals surface area contributed by atoms with Crippen molar-refractivity contribution in [3.8, 4) is 5.75 Å². The topological polar surface area (TPSA) is 76.1 Å². The van der Waals surface area contributed by atoms with Crippen molar-refractivity contribution in [1.29, 1.82) is 0 Å². The van der Waals surface area contributed by atoms with E-state index in [0.29, 0.717) is 11.5 Å². The van der Waals surface area contributed by atoms with Gasteiger partial charge in [0.2, 0.25) is 0 Å². The number of anilines is 2. The van der Waals surface area contributed by atoms with Crippen LogP contribution in [0.3, 0.4) is 0 Å². The van der Waals surface area contributed by atoms with E-state index in [4.69, 9.17) is 4.74 Å². The van der Waals surface area contributed by atoms with E-state index in [9.17, 15) is 4.79 Å². The van der Waals surface area contributed by atoms with E-state index in [1.54, 1.807) is 24.3 Å². The first-order valence-electron chi connectivity index (χ1n) is 9.24. The molecule has 0 aliphatic heterocycles. The Morgan fingerprint density at radius 3 is 2.21 bits per heavy atom. The number of aromatic nitrogens is 2. The summed E-state index contributed by atoms with van der Waals surface area (Å²) in [6.45, 7) is 5.98. The highest BCUT2D eigenvalue weighted by atomic mass is 16.5. The number of amides is 1. The van der Waals surface area contributed by atoms with Crippen molar-refractivity contribution in [2.45, 2.75) is 32.9 Å². The van der Waals surface area contributed by atoms with Gasteiger partial charge in [-0.25, -0.2) is 0 Å². The van der Waals surface area contributed by atoms with Crippen LogP contribution < -0.4 is 15.4 Å². The lowest BCUT2D eigenvalue weighted by molar-refractivity contribution is 0.102. The van der Waals surface area contributed by atoms with Crippen molar-refractivity contribution in [3.05, 3.63) is 78.0 Å². The van der Waals surface area contributed by atoms with Crippen LogP contribution in [0.5, 0.6) is 5.75 Å². The Morgan fingerprint density at radius 1 is 0.893 bits per heavy atom. The van der Waals surface area contributed by atoms with E-state index in [1.165, 1.54) is 0 Å². The second kappa shape index (κ2) is 8.99. The zero-order valence-electron chi connectivity index (χ0n) is 16.2. The number of nitrogens with one attached hydrogen (secondary N) is 2. The summed E-state index contributed by atoms with van der Waals surface area (Å²) in [4.78, 5) is 12.4. The molecule has 0 aliphatic carbocycles. The highest BCUT2D eigenvalue weighted by molar-refractivity contribution is 6.02. The minimum absolute atomic E-state index is 0.0850. The van der Waals surface area contributed by atoms with Crippen LogP contribution in [0.4, 0.5) is 11.5 Å². The third-order valence-electron chi connectivity index (χ3n) is 4.05. The largest absolute Gasteiger partial charge is 0.491 e. The summed E-state index contributed by atoms with van der Waals surface area (Å²) in [6, 6.07) is 20.8. The molecule has 1 unspecified atom stereocenters. The van der Waals surface area contributed by atoms with Crippen LogP contribution >= 0.6 is 0 Å². The molecular weight excluding hydrogens is 352 g/mol. The normalized spacial score (nSPS) is 11.7. The fraction of sp³-hybridized carbons (Fsp3) is 0.227. The van der Waals surface area contributed by atoms with Crippen LogP contribution in [0.15, 0.2) is 66.7 Å². The molecule has 2 N–H and O–H groups in total. The molecule has 144 valence electrons. The van der Waals surface area contributed by atoms with Gasteiger partial charge in [0.1, 0.15) is 11.6 Å². The second-order valence-corrected chi connectivity index (χ2v) is 6.73. The summed E-state index contributed by atoms with van der Waals surface area (Å²) in [5.41, 5.74) is 2.07. The standard InChI is InChI=1S/C22H24N4O2/c1-15(2)28-19-11-9-18(10-12-19)24-22(27)20-13-14-21(26-25-20)23-16(3)17-7-5-4-6-8-17/h4-16H,1-3H3,(H,23,26)(H,24,27). The van der Waals surface area contributed by atoms with Crippen molar-refractivity contribution in [2.75, 3.05) is 10.6 Å². The lowest BCUT2D eigenvalue weighted by Crippen LogP contribution is -2.15. The number of benzene rings is 2. The summed E-state index contributed by atoms with van der Waals surface area (Å²) in [5.74, 6) is 1.06. The van der Waals surface area contributed by atoms with Gasteiger partial charge in [-0.15, -0.1) is 10.2 Å². The van der Waals surface area contributed by atoms with Gasteiger partial charge in [-0.1, -0.05) is 30.3 Å². The van der Waals surface area contributed by atoms with Gasteiger partial charge in [-0.05, 0) is 62.7 Å². The minimum Gasteiger partial charge on any atom is -0.491 e. The van der Waals surface area contributed by atoms with E-state index in [1.807, 2.05) is 63.2 Å². The van der Waals surface area contributed by atoms with Crippen LogP contribution in [-0.2, 0) is 0 Å². The summed E-state index contributed by atoms with van der Waals surface area (Å²) in [6.07, 6.45) is 0.104. The first-order chi connectivity index (χ1) is 13.5. The average molecular weight is 376 g/mol. The smallest absolute Gasteiger partial charge is 0.276 e. The van der Waals surface area contributed by atoms with Crippen LogP contribution in [0.25, 0.3) is 0 Å². The molecule has 28 heavy (non-hydrogen) atoms.